The fourth-order valence-electron chi connectivity index (χ4n) is 2.03. The van der Waals surface area contributed by atoms with Gasteiger partial charge in [0, 0.05) is 4.90 Å². The van der Waals surface area contributed by atoms with E-state index in [9.17, 15) is 9.00 Å². The summed E-state index contributed by atoms with van der Waals surface area (Å²) in [7, 11) is -1.25. The lowest BCUT2D eigenvalue weighted by molar-refractivity contribution is -0.118. The van der Waals surface area contributed by atoms with Gasteiger partial charge < -0.3 is 11.5 Å². The number of nitrogens with two attached hydrogens (primary N) is 2. The predicted octanol–water partition coefficient (Wildman–Crippen LogP) is 0.0955. The number of hydrogen-bond donors (Lipinski definition) is 2. The molecule has 0 fully saturated rings. The quantitative estimate of drug-likeness (QED) is 0.796. The standard InChI is InChI=1S/C12H16N2O2S/c13-11(12(14)15)7-17(16)10-5-4-8-2-1-3-9(8)6-10/h4-6,11H,1-3,7,13H2,(H2,14,15). The first-order valence-corrected chi connectivity index (χ1v) is 6.95. The van der Waals surface area contributed by atoms with Gasteiger partial charge in [-0.05, 0) is 42.5 Å². The maximum Gasteiger partial charge on any atom is 0.235 e. The molecule has 0 aliphatic heterocycles. The molecule has 1 aromatic carbocycles. The molecule has 0 radical (unpaired) electrons. The summed E-state index contributed by atoms with van der Waals surface area (Å²) in [6.07, 6.45) is 3.30. The first-order chi connectivity index (χ1) is 8.08. The van der Waals surface area contributed by atoms with Crippen LogP contribution in [0.3, 0.4) is 0 Å². The van der Waals surface area contributed by atoms with E-state index in [2.05, 4.69) is 0 Å². The van der Waals surface area contributed by atoms with Crippen molar-refractivity contribution < 1.29 is 9.00 Å². The fourth-order valence-corrected chi connectivity index (χ4v) is 3.21. The predicted molar refractivity (Wildman–Crippen MR) is 66.9 cm³/mol. The number of amides is 1. The van der Waals surface area contributed by atoms with Crippen molar-refractivity contribution in [2.24, 2.45) is 11.5 Å². The number of fused-ring (bicyclic) bond motifs is 1. The molecule has 1 aliphatic rings. The van der Waals surface area contributed by atoms with Crippen LogP contribution in [-0.4, -0.2) is 21.9 Å². The van der Waals surface area contributed by atoms with Crippen molar-refractivity contribution in [2.75, 3.05) is 5.75 Å². The van der Waals surface area contributed by atoms with Gasteiger partial charge in [-0.25, -0.2) is 0 Å². The average molecular weight is 252 g/mol. The summed E-state index contributed by atoms with van der Waals surface area (Å²) in [5.74, 6) is -0.520. The largest absolute Gasteiger partial charge is 0.368 e. The molecule has 0 spiro atoms. The molecular formula is C12H16N2O2S. The van der Waals surface area contributed by atoms with Crippen molar-refractivity contribution >= 4 is 16.7 Å². The lowest BCUT2D eigenvalue weighted by Gasteiger charge is -2.08. The van der Waals surface area contributed by atoms with E-state index in [-0.39, 0.29) is 5.75 Å². The Balaban J connectivity index is 2.12. The monoisotopic (exact) mass is 252 g/mol. The molecule has 5 heteroatoms. The van der Waals surface area contributed by atoms with Gasteiger partial charge in [0.1, 0.15) is 0 Å². The molecule has 0 saturated heterocycles. The molecule has 0 saturated carbocycles. The molecule has 4 N–H and O–H groups in total. The first kappa shape index (κ1) is 12.3. The van der Waals surface area contributed by atoms with Gasteiger partial charge in [0.15, 0.2) is 0 Å². The van der Waals surface area contributed by atoms with Crippen molar-refractivity contribution in [3.8, 4) is 0 Å². The van der Waals surface area contributed by atoms with E-state index in [1.165, 1.54) is 11.1 Å². The average Bonchev–Trinajstić information content (AvgIpc) is 2.75. The van der Waals surface area contributed by atoms with Crippen LogP contribution in [0.25, 0.3) is 0 Å². The second-order valence-corrected chi connectivity index (χ2v) is 5.80. The number of primary amides is 1. The van der Waals surface area contributed by atoms with Crippen molar-refractivity contribution in [1.82, 2.24) is 0 Å². The number of benzene rings is 1. The van der Waals surface area contributed by atoms with E-state index in [1.54, 1.807) is 0 Å². The molecule has 2 atom stereocenters. The molecule has 1 aromatic rings. The topological polar surface area (TPSA) is 86.2 Å². The third kappa shape index (κ3) is 2.73. The van der Waals surface area contributed by atoms with E-state index in [0.29, 0.717) is 0 Å². The summed E-state index contributed by atoms with van der Waals surface area (Å²) in [6, 6.07) is 5.00. The zero-order valence-electron chi connectivity index (χ0n) is 9.52. The summed E-state index contributed by atoms with van der Waals surface area (Å²) in [4.78, 5) is 11.6. The van der Waals surface area contributed by atoms with Crippen LogP contribution < -0.4 is 11.5 Å². The summed E-state index contributed by atoms with van der Waals surface area (Å²) in [5, 5.41) is 0. The molecule has 4 nitrogen and oxygen atoms in total. The van der Waals surface area contributed by atoms with Crippen molar-refractivity contribution in [3.05, 3.63) is 29.3 Å². The van der Waals surface area contributed by atoms with E-state index in [0.717, 1.165) is 24.2 Å². The Kier molecular flexibility index (Phi) is 3.59. The van der Waals surface area contributed by atoms with Crippen LogP contribution in [0.15, 0.2) is 23.1 Å². The van der Waals surface area contributed by atoms with Crippen LogP contribution in [0.2, 0.25) is 0 Å². The second kappa shape index (κ2) is 4.98. The summed E-state index contributed by atoms with van der Waals surface area (Å²) in [6.45, 7) is 0. The fraction of sp³-hybridized carbons (Fsp3) is 0.417. The van der Waals surface area contributed by atoms with Gasteiger partial charge in [0.2, 0.25) is 5.91 Å². The molecule has 17 heavy (non-hydrogen) atoms. The number of hydrogen-bond acceptors (Lipinski definition) is 3. The minimum Gasteiger partial charge on any atom is -0.368 e. The third-order valence-electron chi connectivity index (χ3n) is 3.03. The van der Waals surface area contributed by atoms with Gasteiger partial charge in [0.05, 0.1) is 22.6 Å². The van der Waals surface area contributed by atoms with E-state index < -0.39 is 22.7 Å². The van der Waals surface area contributed by atoms with Crippen LogP contribution in [0, 0.1) is 0 Å². The number of aryl methyl sites for hydroxylation is 2. The smallest absolute Gasteiger partial charge is 0.235 e. The number of carbonyl (C=O) groups excluding carboxylic acids is 1. The molecule has 1 amide bonds. The zero-order valence-corrected chi connectivity index (χ0v) is 10.3. The lowest BCUT2D eigenvalue weighted by Crippen LogP contribution is -2.40. The Morgan fingerprint density at radius 2 is 2.06 bits per heavy atom. The van der Waals surface area contributed by atoms with Crippen LogP contribution in [0.5, 0.6) is 0 Å². The van der Waals surface area contributed by atoms with E-state index in [1.807, 2.05) is 18.2 Å². The van der Waals surface area contributed by atoms with Crippen LogP contribution in [0.4, 0.5) is 0 Å². The van der Waals surface area contributed by atoms with Crippen LogP contribution >= 0.6 is 0 Å². The minimum absolute atomic E-state index is 0.0914. The highest BCUT2D eigenvalue weighted by molar-refractivity contribution is 7.85. The molecule has 92 valence electrons. The van der Waals surface area contributed by atoms with E-state index >= 15 is 0 Å². The molecule has 0 bridgehead atoms. The molecule has 0 heterocycles. The molecule has 2 rings (SSSR count). The highest BCUT2D eigenvalue weighted by atomic mass is 32.2. The van der Waals surface area contributed by atoms with Gasteiger partial charge in [-0.1, -0.05) is 6.07 Å². The Hall–Kier alpha value is -1.20. The Labute approximate surface area is 103 Å². The molecule has 1 aliphatic carbocycles. The first-order valence-electron chi connectivity index (χ1n) is 5.63. The van der Waals surface area contributed by atoms with Gasteiger partial charge in [0.25, 0.3) is 0 Å². The van der Waals surface area contributed by atoms with Crippen molar-refractivity contribution in [1.29, 1.82) is 0 Å². The zero-order chi connectivity index (χ0) is 12.4. The van der Waals surface area contributed by atoms with Gasteiger partial charge in [-0.15, -0.1) is 0 Å². The minimum atomic E-state index is -1.25. The molecular weight excluding hydrogens is 236 g/mol. The highest BCUT2D eigenvalue weighted by Gasteiger charge is 2.17. The van der Waals surface area contributed by atoms with Gasteiger partial charge in [-0.2, -0.15) is 0 Å². The summed E-state index contributed by atoms with van der Waals surface area (Å²) >= 11 is 0. The van der Waals surface area contributed by atoms with Crippen LogP contribution in [0.1, 0.15) is 17.5 Å². The van der Waals surface area contributed by atoms with Gasteiger partial charge >= 0.3 is 0 Å². The normalized spacial score (nSPS) is 17.5. The highest BCUT2D eigenvalue weighted by Crippen LogP contribution is 2.24. The summed E-state index contributed by atoms with van der Waals surface area (Å²) < 4.78 is 12.0. The Bertz CT molecular complexity index is 474. The van der Waals surface area contributed by atoms with Crippen molar-refractivity contribution in [3.63, 3.8) is 0 Å². The molecule has 0 aromatic heterocycles. The molecule has 2 unspecified atom stereocenters. The van der Waals surface area contributed by atoms with Crippen molar-refractivity contribution in [2.45, 2.75) is 30.2 Å². The van der Waals surface area contributed by atoms with Gasteiger partial charge in [-0.3, -0.25) is 9.00 Å². The Morgan fingerprint density at radius 1 is 1.35 bits per heavy atom. The third-order valence-corrected chi connectivity index (χ3v) is 4.47. The lowest BCUT2D eigenvalue weighted by atomic mass is 10.1. The second-order valence-electron chi connectivity index (χ2n) is 4.31. The number of rotatable bonds is 4. The summed E-state index contributed by atoms with van der Waals surface area (Å²) in [5.41, 5.74) is 13.2. The van der Waals surface area contributed by atoms with E-state index in [4.69, 9.17) is 11.5 Å². The SMILES string of the molecule is NC(=O)C(N)CS(=O)c1ccc2c(c1)CCC2. The number of carbonyl (C=O) groups is 1. The maximum atomic E-state index is 12.0. The Morgan fingerprint density at radius 3 is 2.76 bits per heavy atom. The maximum absolute atomic E-state index is 12.0. The van der Waals surface area contributed by atoms with Crippen LogP contribution in [-0.2, 0) is 28.4 Å².